The van der Waals surface area contributed by atoms with Gasteiger partial charge in [0.1, 0.15) is 10.8 Å². The SMILES string of the molecule is COc1cc(Sc2nnc(NC(=O)CN3CC(O)C3)s2)ccc1Nc1ncc(Cl)c(Nc2ccccc2S(=O)(=O)C(C)C)n1. The Balaban J connectivity index is 1.26. The molecule has 1 saturated heterocycles. The van der Waals surface area contributed by atoms with Gasteiger partial charge in [0.05, 0.1) is 47.5 Å². The van der Waals surface area contributed by atoms with E-state index < -0.39 is 15.1 Å². The van der Waals surface area contributed by atoms with Crippen LogP contribution in [0.15, 0.2) is 62.8 Å². The van der Waals surface area contributed by atoms with Gasteiger partial charge in [-0.25, -0.2) is 13.4 Å². The van der Waals surface area contributed by atoms with E-state index >= 15 is 0 Å². The van der Waals surface area contributed by atoms with Crippen LogP contribution >= 0.6 is 34.7 Å². The van der Waals surface area contributed by atoms with Crippen LogP contribution in [0.5, 0.6) is 5.75 Å². The van der Waals surface area contributed by atoms with Gasteiger partial charge in [0, 0.05) is 18.0 Å². The molecular formula is C27H29ClN8O5S3. The number of benzene rings is 2. The molecule has 5 rings (SSSR count). The van der Waals surface area contributed by atoms with Crippen molar-refractivity contribution in [3.63, 3.8) is 0 Å². The topological polar surface area (TPSA) is 172 Å². The number of sulfone groups is 1. The Morgan fingerprint density at radius 1 is 1.18 bits per heavy atom. The third kappa shape index (κ3) is 7.57. The van der Waals surface area contributed by atoms with Crippen molar-refractivity contribution < 1.29 is 23.1 Å². The molecule has 0 radical (unpaired) electrons. The number of methoxy groups -OCH3 is 1. The smallest absolute Gasteiger partial charge is 0.240 e. The molecule has 2 aromatic carbocycles. The first-order chi connectivity index (χ1) is 21.0. The van der Waals surface area contributed by atoms with E-state index in [1.54, 1.807) is 38.1 Å². The molecule has 0 spiro atoms. The Morgan fingerprint density at radius 2 is 1.95 bits per heavy atom. The summed E-state index contributed by atoms with van der Waals surface area (Å²) < 4.78 is 32.0. The number of aliphatic hydroxyl groups excluding tert-OH is 1. The maximum absolute atomic E-state index is 12.9. The molecule has 1 aliphatic rings. The summed E-state index contributed by atoms with van der Waals surface area (Å²) in [6, 6.07) is 12.0. The van der Waals surface area contributed by atoms with E-state index in [9.17, 15) is 18.3 Å². The van der Waals surface area contributed by atoms with E-state index in [0.717, 1.165) is 4.90 Å². The molecule has 0 aliphatic carbocycles. The Kier molecular flexibility index (Phi) is 9.87. The van der Waals surface area contributed by atoms with Crippen molar-refractivity contribution in [2.24, 2.45) is 0 Å². The lowest BCUT2D eigenvalue weighted by atomic mass is 10.2. The molecule has 2 aromatic heterocycles. The highest BCUT2D eigenvalue weighted by molar-refractivity contribution is 8.01. The molecule has 0 atom stereocenters. The molecule has 3 heterocycles. The van der Waals surface area contributed by atoms with Gasteiger partial charge in [-0.3, -0.25) is 15.0 Å². The van der Waals surface area contributed by atoms with Gasteiger partial charge in [-0.2, -0.15) is 4.98 Å². The number of hydrogen-bond donors (Lipinski definition) is 4. The van der Waals surface area contributed by atoms with Crippen LogP contribution in [-0.4, -0.2) is 82.6 Å². The average molecular weight is 677 g/mol. The first kappa shape index (κ1) is 31.9. The standard InChI is InChI=1S/C27H29ClN8O5S3/c1-15(2)44(39,40)22-7-5-4-6-20(22)30-24-18(28)11-29-25(33-24)31-19-9-8-17(10-21(19)41-3)42-27-35-34-26(43-27)32-23(38)14-36-12-16(37)13-36/h4-11,15-16,37H,12-14H2,1-3H3,(H,32,34,38)(H2,29,30,31,33). The lowest BCUT2D eigenvalue weighted by Crippen LogP contribution is -2.53. The highest BCUT2D eigenvalue weighted by atomic mass is 35.5. The van der Waals surface area contributed by atoms with Crippen molar-refractivity contribution in [2.45, 2.75) is 39.3 Å². The monoisotopic (exact) mass is 676 g/mol. The summed E-state index contributed by atoms with van der Waals surface area (Å²) in [4.78, 5) is 23.7. The van der Waals surface area contributed by atoms with Crippen LogP contribution in [0.3, 0.4) is 0 Å². The van der Waals surface area contributed by atoms with Crippen molar-refractivity contribution in [2.75, 3.05) is 42.7 Å². The fourth-order valence-corrected chi connectivity index (χ4v) is 7.22. The summed E-state index contributed by atoms with van der Waals surface area (Å²) in [6.45, 7) is 4.40. The van der Waals surface area contributed by atoms with E-state index in [1.165, 1.54) is 42.5 Å². The van der Waals surface area contributed by atoms with Crippen LogP contribution in [0, 0.1) is 0 Å². The highest BCUT2D eigenvalue weighted by Crippen LogP contribution is 2.37. The van der Waals surface area contributed by atoms with Gasteiger partial charge in [0.2, 0.25) is 17.0 Å². The molecule has 232 valence electrons. The number of aromatic nitrogens is 4. The Bertz CT molecular complexity index is 1770. The normalized spacial score (nSPS) is 13.9. The highest BCUT2D eigenvalue weighted by Gasteiger charge is 2.26. The van der Waals surface area contributed by atoms with E-state index in [-0.39, 0.29) is 40.2 Å². The number of para-hydroxylation sites is 1. The lowest BCUT2D eigenvalue weighted by Gasteiger charge is -2.34. The summed E-state index contributed by atoms with van der Waals surface area (Å²) in [5.41, 5.74) is 0.927. The number of anilines is 5. The second-order valence-electron chi connectivity index (χ2n) is 9.96. The van der Waals surface area contributed by atoms with Crippen molar-refractivity contribution in [3.8, 4) is 5.75 Å². The van der Waals surface area contributed by atoms with E-state index in [2.05, 4.69) is 36.1 Å². The third-order valence-corrected chi connectivity index (χ3v) is 10.8. The number of likely N-dealkylation sites (tertiary alicyclic amines) is 1. The predicted molar refractivity (Wildman–Crippen MR) is 170 cm³/mol. The average Bonchev–Trinajstić information content (AvgIpc) is 3.41. The van der Waals surface area contributed by atoms with Crippen LogP contribution in [0.4, 0.5) is 28.3 Å². The summed E-state index contributed by atoms with van der Waals surface area (Å²) in [5, 5.41) is 26.4. The van der Waals surface area contributed by atoms with Gasteiger partial charge in [-0.1, -0.05) is 46.8 Å². The van der Waals surface area contributed by atoms with Crippen molar-refractivity contribution in [1.29, 1.82) is 0 Å². The van der Waals surface area contributed by atoms with Crippen LogP contribution < -0.4 is 20.7 Å². The largest absolute Gasteiger partial charge is 0.495 e. The summed E-state index contributed by atoms with van der Waals surface area (Å²) in [6.07, 6.45) is 1.04. The minimum Gasteiger partial charge on any atom is -0.495 e. The molecule has 4 N–H and O–H groups in total. The Hall–Kier alpha value is -3.54. The number of aliphatic hydroxyl groups is 1. The van der Waals surface area contributed by atoms with E-state index in [0.29, 0.717) is 39.7 Å². The minimum absolute atomic E-state index is 0.145. The molecule has 1 aliphatic heterocycles. The van der Waals surface area contributed by atoms with Crippen molar-refractivity contribution >= 4 is 78.7 Å². The van der Waals surface area contributed by atoms with E-state index in [4.69, 9.17) is 16.3 Å². The van der Waals surface area contributed by atoms with Crippen LogP contribution in [0.25, 0.3) is 0 Å². The first-order valence-corrected chi connectivity index (χ1v) is 16.9. The molecule has 0 unspecified atom stereocenters. The number of nitrogens with one attached hydrogen (secondary N) is 3. The molecule has 1 fully saturated rings. The number of nitrogens with zero attached hydrogens (tertiary/aromatic N) is 5. The van der Waals surface area contributed by atoms with Gasteiger partial charge in [0.15, 0.2) is 20.0 Å². The number of ether oxygens (including phenoxy) is 1. The molecule has 0 bridgehead atoms. The summed E-state index contributed by atoms with van der Waals surface area (Å²) >= 11 is 8.96. The van der Waals surface area contributed by atoms with Gasteiger partial charge in [0.25, 0.3) is 0 Å². The van der Waals surface area contributed by atoms with Crippen molar-refractivity contribution in [1.82, 2.24) is 25.1 Å². The summed E-state index contributed by atoms with van der Waals surface area (Å²) in [7, 11) is -2.03. The maximum Gasteiger partial charge on any atom is 0.240 e. The first-order valence-electron chi connectivity index (χ1n) is 13.3. The molecular weight excluding hydrogens is 648 g/mol. The minimum atomic E-state index is -3.56. The molecule has 1 amide bonds. The van der Waals surface area contributed by atoms with Gasteiger partial charge < -0.3 is 20.5 Å². The third-order valence-electron chi connectivity index (χ3n) is 6.39. The van der Waals surface area contributed by atoms with Crippen LogP contribution in [0.2, 0.25) is 5.02 Å². The molecule has 4 aromatic rings. The fourth-order valence-electron chi connectivity index (χ4n) is 4.11. The number of rotatable bonds is 12. The zero-order chi connectivity index (χ0) is 31.4. The predicted octanol–water partition coefficient (Wildman–Crippen LogP) is 4.43. The summed E-state index contributed by atoms with van der Waals surface area (Å²) in [5.74, 6) is 0.723. The fraction of sp³-hybridized carbons (Fsp3) is 0.296. The second-order valence-corrected chi connectivity index (χ2v) is 15.1. The van der Waals surface area contributed by atoms with Crippen molar-refractivity contribution in [3.05, 3.63) is 53.7 Å². The number of carbonyl (C=O) groups is 1. The zero-order valence-corrected chi connectivity index (χ0v) is 27.0. The number of halogens is 1. The van der Waals surface area contributed by atoms with Crippen LogP contribution in [0.1, 0.15) is 13.8 Å². The Morgan fingerprint density at radius 3 is 2.68 bits per heavy atom. The molecule has 13 nitrogen and oxygen atoms in total. The van der Waals surface area contributed by atoms with Crippen LogP contribution in [-0.2, 0) is 14.6 Å². The molecule has 0 saturated carbocycles. The zero-order valence-electron chi connectivity index (χ0n) is 23.8. The number of carbonyl (C=O) groups excluding carboxylic acids is 1. The van der Waals surface area contributed by atoms with Gasteiger partial charge in [-0.15, -0.1) is 10.2 Å². The number of β-amino-alcohol motifs (C(OH)–C–C–N with tert-alkyl or cyclic N) is 1. The maximum atomic E-state index is 12.9. The number of hydrogen-bond acceptors (Lipinski definition) is 14. The Labute approximate surface area is 267 Å². The van der Waals surface area contributed by atoms with Gasteiger partial charge in [-0.05, 0) is 44.2 Å². The van der Waals surface area contributed by atoms with Gasteiger partial charge >= 0.3 is 0 Å². The quantitative estimate of drug-likeness (QED) is 0.156. The molecule has 17 heteroatoms. The number of amides is 1. The lowest BCUT2D eigenvalue weighted by molar-refractivity contribution is -0.119. The molecule has 44 heavy (non-hydrogen) atoms. The second kappa shape index (κ2) is 13.6. The van der Waals surface area contributed by atoms with E-state index in [1.807, 2.05) is 17.0 Å².